The summed E-state index contributed by atoms with van der Waals surface area (Å²) in [5.74, 6) is -4.09. The standard InChI is InChI=1S/C26H38N8O6/c27-11-5-4-8-20(26(39)40)33-24(37)19(9-10-22(29)35)32-25(38)21(13-17-14-30-15-31-17)34-23(36)18(28)12-16-6-2-1-3-7-16/h1-3,6-7,14-15,18-21H,4-5,8-13,27-28H2,(H2,29,35)(H,30,31)(H,32,38)(H,33,37)(H,34,36)(H,39,40). The first-order valence-electron chi connectivity index (χ1n) is 13.0. The number of carbonyl (C=O) groups excluding carboxylic acids is 4. The highest BCUT2D eigenvalue weighted by atomic mass is 16.4. The summed E-state index contributed by atoms with van der Waals surface area (Å²) in [4.78, 5) is 69.1. The van der Waals surface area contributed by atoms with E-state index < -0.39 is 53.8 Å². The Bertz CT molecular complexity index is 1110. The van der Waals surface area contributed by atoms with Gasteiger partial charge in [-0.2, -0.15) is 0 Å². The van der Waals surface area contributed by atoms with Crippen LogP contribution in [0.5, 0.6) is 0 Å². The van der Waals surface area contributed by atoms with E-state index in [1.54, 1.807) is 0 Å². The van der Waals surface area contributed by atoms with Crippen molar-refractivity contribution in [2.75, 3.05) is 6.54 Å². The van der Waals surface area contributed by atoms with Gasteiger partial charge in [-0.05, 0) is 44.2 Å². The summed E-state index contributed by atoms with van der Waals surface area (Å²) >= 11 is 0. The van der Waals surface area contributed by atoms with E-state index in [4.69, 9.17) is 17.2 Å². The fourth-order valence-electron chi connectivity index (χ4n) is 3.92. The van der Waals surface area contributed by atoms with Crippen molar-refractivity contribution < 1.29 is 29.1 Å². The second-order valence-electron chi connectivity index (χ2n) is 9.39. The van der Waals surface area contributed by atoms with Gasteiger partial charge in [0.25, 0.3) is 0 Å². The molecule has 0 aliphatic rings. The van der Waals surface area contributed by atoms with Crippen LogP contribution in [0.1, 0.15) is 43.4 Å². The number of H-pyrrole nitrogens is 1. The van der Waals surface area contributed by atoms with Crippen LogP contribution in [0.2, 0.25) is 0 Å². The van der Waals surface area contributed by atoms with E-state index in [0.29, 0.717) is 25.1 Å². The number of benzene rings is 1. The lowest BCUT2D eigenvalue weighted by molar-refractivity contribution is -0.142. The number of nitrogens with zero attached hydrogens (tertiary/aromatic N) is 1. The van der Waals surface area contributed by atoms with Gasteiger partial charge in [0, 0.05) is 24.7 Å². The number of hydrogen-bond acceptors (Lipinski definition) is 8. The minimum Gasteiger partial charge on any atom is -0.480 e. The molecule has 14 nitrogen and oxygen atoms in total. The summed E-state index contributed by atoms with van der Waals surface area (Å²) in [5.41, 5.74) is 18.2. The number of aromatic amines is 1. The molecule has 0 saturated carbocycles. The van der Waals surface area contributed by atoms with Crippen LogP contribution in [-0.2, 0) is 36.8 Å². The van der Waals surface area contributed by atoms with Gasteiger partial charge in [0.1, 0.15) is 18.1 Å². The van der Waals surface area contributed by atoms with Crippen molar-refractivity contribution in [3.05, 3.63) is 54.1 Å². The van der Waals surface area contributed by atoms with Crippen LogP contribution in [-0.4, -0.2) is 75.4 Å². The molecular formula is C26H38N8O6. The smallest absolute Gasteiger partial charge is 0.326 e. The molecule has 1 aromatic carbocycles. The van der Waals surface area contributed by atoms with Crippen LogP contribution in [0.4, 0.5) is 0 Å². The van der Waals surface area contributed by atoms with Gasteiger partial charge in [-0.15, -0.1) is 0 Å². The Morgan fingerprint density at radius 1 is 0.875 bits per heavy atom. The number of nitrogens with two attached hydrogens (primary N) is 3. The Labute approximate surface area is 231 Å². The highest BCUT2D eigenvalue weighted by Crippen LogP contribution is 2.07. The van der Waals surface area contributed by atoms with E-state index in [-0.39, 0.29) is 32.1 Å². The molecule has 2 rings (SSSR count). The third-order valence-corrected chi connectivity index (χ3v) is 6.12. The Morgan fingerprint density at radius 3 is 2.12 bits per heavy atom. The van der Waals surface area contributed by atoms with Crippen LogP contribution in [0.3, 0.4) is 0 Å². The van der Waals surface area contributed by atoms with E-state index in [0.717, 1.165) is 5.56 Å². The molecule has 1 heterocycles. The van der Waals surface area contributed by atoms with Crippen molar-refractivity contribution in [1.29, 1.82) is 0 Å². The molecule has 218 valence electrons. The lowest BCUT2D eigenvalue weighted by Gasteiger charge is -2.25. The van der Waals surface area contributed by atoms with Crippen molar-refractivity contribution in [3.8, 4) is 0 Å². The first-order valence-corrected chi connectivity index (χ1v) is 13.0. The lowest BCUT2D eigenvalue weighted by atomic mass is 10.0. The molecular weight excluding hydrogens is 520 g/mol. The zero-order chi connectivity index (χ0) is 29.5. The van der Waals surface area contributed by atoms with Crippen molar-refractivity contribution in [3.63, 3.8) is 0 Å². The average molecular weight is 559 g/mol. The molecule has 40 heavy (non-hydrogen) atoms. The fraction of sp³-hybridized carbons (Fsp3) is 0.462. The normalized spacial score (nSPS) is 13.8. The Morgan fingerprint density at radius 2 is 1.52 bits per heavy atom. The number of carboxylic acids is 1. The van der Waals surface area contributed by atoms with Crippen molar-refractivity contribution in [2.24, 2.45) is 17.2 Å². The molecule has 0 radical (unpaired) electrons. The van der Waals surface area contributed by atoms with Crippen molar-refractivity contribution in [2.45, 2.75) is 69.1 Å². The number of carboxylic acid groups (broad SMARTS) is 1. The van der Waals surface area contributed by atoms with Gasteiger partial charge < -0.3 is 43.2 Å². The molecule has 11 N–H and O–H groups in total. The number of unbranched alkanes of at least 4 members (excludes halogenated alkanes) is 1. The van der Waals surface area contributed by atoms with Gasteiger partial charge in [-0.1, -0.05) is 30.3 Å². The van der Waals surface area contributed by atoms with Gasteiger partial charge in [0.05, 0.1) is 12.4 Å². The monoisotopic (exact) mass is 558 g/mol. The fourth-order valence-corrected chi connectivity index (χ4v) is 3.92. The molecule has 0 aliphatic heterocycles. The number of imidazole rings is 1. The van der Waals surface area contributed by atoms with E-state index in [1.807, 2.05) is 30.3 Å². The number of hydrogen-bond donors (Lipinski definition) is 8. The maximum Gasteiger partial charge on any atom is 0.326 e. The number of carbonyl (C=O) groups is 5. The number of amides is 4. The average Bonchev–Trinajstić information content (AvgIpc) is 3.43. The molecule has 4 unspecified atom stereocenters. The molecule has 0 spiro atoms. The SMILES string of the molecule is NCCCCC(NC(=O)C(CCC(N)=O)NC(=O)C(Cc1cnc[nH]1)NC(=O)C(N)Cc1ccccc1)C(=O)O. The summed E-state index contributed by atoms with van der Waals surface area (Å²) in [7, 11) is 0. The van der Waals surface area contributed by atoms with E-state index in [9.17, 15) is 29.1 Å². The number of nitrogens with one attached hydrogen (secondary N) is 4. The number of aliphatic carboxylic acids is 1. The molecule has 0 fully saturated rings. The first kappa shape index (κ1) is 31.9. The van der Waals surface area contributed by atoms with E-state index in [1.165, 1.54) is 12.5 Å². The summed E-state index contributed by atoms with van der Waals surface area (Å²) in [6.07, 6.45) is 3.86. The molecule has 1 aromatic heterocycles. The predicted molar refractivity (Wildman–Crippen MR) is 145 cm³/mol. The van der Waals surface area contributed by atoms with Crippen LogP contribution in [0.25, 0.3) is 0 Å². The molecule has 0 bridgehead atoms. The molecule has 14 heteroatoms. The van der Waals surface area contributed by atoms with Crippen LogP contribution in [0, 0.1) is 0 Å². The quantitative estimate of drug-likeness (QED) is 0.0985. The van der Waals surface area contributed by atoms with Crippen molar-refractivity contribution >= 4 is 29.6 Å². The Balaban J connectivity index is 2.17. The minimum atomic E-state index is -1.30. The molecule has 0 aliphatic carbocycles. The maximum atomic E-state index is 13.3. The lowest BCUT2D eigenvalue weighted by Crippen LogP contribution is -2.58. The topological polar surface area (TPSA) is 248 Å². The minimum absolute atomic E-state index is 0.00334. The largest absolute Gasteiger partial charge is 0.480 e. The zero-order valence-electron chi connectivity index (χ0n) is 22.2. The van der Waals surface area contributed by atoms with Crippen LogP contribution < -0.4 is 33.2 Å². The second kappa shape index (κ2) is 16.6. The number of primary amides is 1. The summed E-state index contributed by atoms with van der Waals surface area (Å²) in [6, 6.07) is 4.48. The molecule has 4 atom stereocenters. The van der Waals surface area contributed by atoms with Crippen LogP contribution in [0.15, 0.2) is 42.9 Å². The van der Waals surface area contributed by atoms with Gasteiger partial charge in [0.15, 0.2) is 0 Å². The highest BCUT2D eigenvalue weighted by Gasteiger charge is 2.31. The number of aromatic nitrogens is 2. The van der Waals surface area contributed by atoms with Gasteiger partial charge in [-0.3, -0.25) is 19.2 Å². The molecule has 4 amide bonds. The summed E-state index contributed by atoms with van der Waals surface area (Å²) < 4.78 is 0. The third kappa shape index (κ3) is 11.2. The van der Waals surface area contributed by atoms with Gasteiger partial charge >= 0.3 is 5.97 Å². The van der Waals surface area contributed by atoms with Crippen LogP contribution >= 0.6 is 0 Å². The molecule has 0 saturated heterocycles. The van der Waals surface area contributed by atoms with Gasteiger partial charge in [0.2, 0.25) is 23.6 Å². The van der Waals surface area contributed by atoms with E-state index in [2.05, 4.69) is 25.9 Å². The van der Waals surface area contributed by atoms with Crippen molar-refractivity contribution in [1.82, 2.24) is 25.9 Å². The first-order chi connectivity index (χ1) is 19.1. The number of rotatable bonds is 18. The third-order valence-electron chi connectivity index (χ3n) is 6.12. The van der Waals surface area contributed by atoms with Gasteiger partial charge in [-0.25, -0.2) is 9.78 Å². The second-order valence-corrected chi connectivity index (χ2v) is 9.39. The zero-order valence-corrected chi connectivity index (χ0v) is 22.2. The summed E-state index contributed by atoms with van der Waals surface area (Å²) in [5, 5.41) is 17.1. The Hall–Kier alpha value is -4.30. The predicted octanol–water partition coefficient (Wildman–Crippen LogP) is -1.54. The summed E-state index contributed by atoms with van der Waals surface area (Å²) in [6.45, 7) is 0.371. The maximum absolute atomic E-state index is 13.3. The molecule has 2 aromatic rings. The Kier molecular flexibility index (Phi) is 13.3. The van der Waals surface area contributed by atoms with E-state index >= 15 is 0 Å². The highest BCUT2D eigenvalue weighted by molar-refractivity contribution is 5.94.